The van der Waals surface area contributed by atoms with Crippen LogP contribution in [-0.4, -0.2) is 8.07 Å². The zero-order chi connectivity index (χ0) is 59.1. The van der Waals surface area contributed by atoms with Crippen LogP contribution < -0.4 is 30.5 Å². The fraction of sp³-hybridized carbons (Fsp3) is 0. The summed E-state index contributed by atoms with van der Waals surface area (Å²) < 4.78 is 0. The van der Waals surface area contributed by atoms with Gasteiger partial charge in [-0.05, 0) is 159 Å². The SMILES string of the molecule is c1ccc(-c2c(-c3ccccc3)c(-c3ccccc3)c3c(c2-c2ccccc2)-c2ccc(N(c4ccccc4)c4cccc5ccccc45)cc2[Si](c2ccccc2)(c2ccccc2)c2cc(N(c4ccccc4)c4cccc5ccccc45)ccc2-3)cc1. The van der Waals surface area contributed by atoms with Crippen LogP contribution in [0.4, 0.5) is 34.1 Å². The van der Waals surface area contributed by atoms with Crippen LogP contribution in [0.1, 0.15) is 0 Å². The summed E-state index contributed by atoms with van der Waals surface area (Å²) in [4.78, 5) is 5.00. The van der Waals surface area contributed by atoms with Crippen LogP contribution in [0.3, 0.4) is 0 Å². The van der Waals surface area contributed by atoms with Crippen LogP contribution in [0.5, 0.6) is 0 Å². The molecule has 0 unspecified atom stereocenters. The Bertz CT molecular complexity index is 4710. The summed E-state index contributed by atoms with van der Waals surface area (Å²) in [5.41, 5.74) is 20.7. The molecule has 0 aromatic heterocycles. The lowest BCUT2D eigenvalue weighted by atomic mass is 9.74. The van der Waals surface area contributed by atoms with Gasteiger partial charge in [0, 0.05) is 33.5 Å². The van der Waals surface area contributed by atoms with E-state index in [1.165, 1.54) is 86.8 Å². The molecule has 16 rings (SSSR count). The van der Waals surface area contributed by atoms with Crippen LogP contribution in [0.25, 0.3) is 88.3 Å². The Morgan fingerprint density at radius 2 is 0.483 bits per heavy atom. The summed E-state index contributed by atoms with van der Waals surface area (Å²) in [5, 5.41) is 9.90. The lowest BCUT2D eigenvalue weighted by molar-refractivity contribution is 1.30. The van der Waals surface area contributed by atoms with E-state index in [1.54, 1.807) is 0 Å². The summed E-state index contributed by atoms with van der Waals surface area (Å²) in [6.45, 7) is 0. The van der Waals surface area contributed by atoms with Gasteiger partial charge in [0.25, 0.3) is 0 Å². The third-order valence-electron chi connectivity index (χ3n) is 18.1. The summed E-state index contributed by atoms with van der Waals surface area (Å²) in [6, 6.07) is 136. The van der Waals surface area contributed by atoms with Gasteiger partial charge in [0.1, 0.15) is 0 Å². The Labute approximate surface area is 521 Å². The van der Waals surface area contributed by atoms with Crippen LogP contribution in [-0.2, 0) is 0 Å². The predicted octanol–water partition coefficient (Wildman–Crippen LogP) is 20.6. The average molecular weight is 1150 g/mol. The Morgan fingerprint density at radius 3 is 0.831 bits per heavy atom. The Kier molecular flexibility index (Phi) is 13.6. The second kappa shape index (κ2) is 22.8. The highest BCUT2D eigenvalue weighted by Crippen LogP contribution is 2.57. The first-order valence-corrected chi connectivity index (χ1v) is 32.7. The van der Waals surface area contributed by atoms with Crippen LogP contribution in [0.2, 0.25) is 0 Å². The molecule has 0 bridgehead atoms. The summed E-state index contributed by atoms with van der Waals surface area (Å²) in [6.07, 6.45) is 0. The molecule has 0 radical (unpaired) electrons. The van der Waals surface area contributed by atoms with E-state index < -0.39 is 8.07 Å². The molecule has 0 saturated heterocycles. The highest BCUT2D eigenvalue weighted by Gasteiger charge is 2.49. The number of nitrogens with zero attached hydrogens (tertiary/aromatic N) is 2. The Hall–Kier alpha value is -11.4. The van der Waals surface area contributed by atoms with Crippen LogP contribution >= 0.6 is 0 Å². The van der Waals surface area contributed by atoms with E-state index in [0.29, 0.717) is 0 Å². The Balaban J connectivity index is 1.17. The zero-order valence-corrected chi connectivity index (χ0v) is 50.0. The largest absolute Gasteiger partial charge is 0.310 e. The first kappa shape index (κ1) is 53.1. The molecule has 0 atom stereocenters. The maximum atomic E-state index is 2.62. The highest BCUT2D eigenvalue weighted by atomic mass is 28.3. The van der Waals surface area contributed by atoms with E-state index in [9.17, 15) is 0 Å². The van der Waals surface area contributed by atoms with Crippen molar-refractivity contribution < 1.29 is 0 Å². The van der Waals surface area contributed by atoms with Gasteiger partial charge in [0.05, 0.1) is 11.4 Å². The highest BCUT2D eigenvalue weighted by molar-refractivity contribution is 7.21. The van der Waals surface area contributed by atoms with Crippen LogP contribution in [0.15, 0.2) is 364 Å². The van der Waals surface area contributed by atoms with Gasteiger partial charge in [-0.1, -0.05) is 303 Å². The fourth-order valence-electron chi connectivity index (χ4n) is 14.4. The molecule has 3 heteroatoms. The van der Waals surface area contributed by atoms with Gasteiger partial charge in [-0.25, -0.2) is 0 Å². The normalized spacial score (nSPS) is 12.1. The van der Waals surface area contributed by atoms with E-state index in [1.807, 2.05) is 0 Å². The fourth-order valence-corrected chi connectivity index (χ4v) is 19.6. The van der Waals surface area contributed by atoms with Crippen molar-refractivity contribution in [2.24, 2.45) is 0 Å². The molecule has 0 N–H and O–H groups in total. The molecule has 0 fully saturated rings. The van der Waals surface area contributed by atoms with Gasteiger partial charge in [-0.3, -0.25) is 0 Å². The molecule has 418 valence electrons. The predicted molar refractivity (Wildman–Crippen MR) is 381 cm³/mol. The summed E-state index contributed by atoms with van der Waals surface area (Å²) in [7, 11) is -3.68. The zero-order valence-electron chi connectivity index (χ0n) is 49.0. The quantitative estimate of drug-likeness (QED) is 0.113. The number of benzene rings is 15. The first-order valence-electron chi connectivity index (χ1n) is 30.7. The van der Waals surface area contributed by atoms with Gasteiger partial charge in [0.2, 0.25) is 0 Å². The van der Waals surface area contributed by atoms with Crippen molar-refractivity contribution in [3.63, 3.8) is 0 Å². The number of anilines is 6. The number of para-hydroxylation sites is 2. The first-order chi connectivity index (χ1) is 44.2. The standard InChI is InChI=1S/C86H60N2Si/c1-9-33-63(34-10-1)81-82(64-35-11-2-12-36-64)84(66-39-15-4-16-40-66)86-76-58-56-70(88(68-45-19-6-20-46-68)78-54-30-42-62-32-26-28-52-74(62)78)60-80(76)89(71-47-21-7-22-48-71,72-49-23-8-24-50-72)79-59-69(55-57-75(79)85(86)83(81)65-37-13-3-14-38-65)87(67-43-17-5-18-44-67)77-53-29-41-61-31-25-27-51-73(61)77/h1-60H. The summed E-state index contributed by atoms with van der Waals surface area (Å²) >= 11 is 0. The minimum absolute atomic E-state index is 1.08. The van der Waals surface area contributed by atoms with Gasteiger partial charge in [-0.15, -0.1) is 0 Å². The van der Waals surface area contributed by atoms with Gasteiger partial charge in [-0.2, -0.15) is 0 Å². The molecule has 2 nitrogen and oxygen atoms in total. The smallest absolute Gasteiger partial charge is 0.181 e. The number of hydrogen-bond donors (Lipinski definition) is 0. The molecule has 0 amide bonds. The van der Waals surface area contributed by atoms with Gasteiger partial charge >= 0.3 is 0 Å². The molecule has 89 heavy (non-hydrogen) atoms. The maximum Gasteiger partial charge on any atom is 0.181 e. The third-order valence-corrected chi connectivity index (χ3v) is 22.9. The van der Waals surface area contributed by atoms with Crippen molar-refractivity contribution in [2.75, 3.05) is 9.80 Å². The molecule has 1 heterocycles. The second-order valence-corrected chi connectivity index (χ2v) is 26.7. The van der Waals surface area contributed by atoms with Crippen molar-refractivity contribution in [1.29, 1.82) is 0 Å². The molecular weight excluding hydrogens is 1090 g/mol. The molecule has 0 saturated carbocycles. The van der Waals surface area contributed by atoms with E-state index in [4.69, 9.17) is 0 Å². The lowest BCUT2D eigenvalue weighted by Crippen LogP contribution is -2.75. The van der Waals surface area contributed by atoms with E-state index in [0.717, 1.165) is 56.4 Å². The van der Waals surface area contributed by atoms with Crippen molar-refractivity contribution in [3.05, 3.63) is 364 Å². The van der Waals surface area contributed by atoms with E-state index in [2.05, 4.69) is 374 Å². The van der Waals surface area contributed by atoms with E-state index >= 15 is 0 Å². The van der Waals surface area contributed by atoms with E-state index in [-0.39, 0.29) is 0 Å². The average Bonchev–Trinajstić information content (AvgIpc) is 1.61. The molecule has 0 spiro atoms. The molecule has 0 aliphatic carbocycles. The topological polar surface area (TPSA) is 6.48 Å². The third kappa shape index (κ3) is 9.10. The number of hydrogen-bond acceptors (Lipinski definition) is 2. The molecule has 1 aliphatic heterocycles. The molecule has 1 aliphatic rings. The molecule has 15 aromatic rings. The summed E-state index contributed by atoms with van der Waals surface area (Å²) in [5.74, 6) is 0. The molecular formula is C86H60N2Si. The number of rotatable bonds is 12. The monoisotopic (exact) mass is 1150 g/mol. The number of fused-ring (bicyclic) bond motifs is 7. The van der Waals surface area contributed by atoms with Gasteiger partial charge < -0.3 is 9.80 Å². The Morgan fingerprint density at radius 1 is 0.202 bits per heavy atom. The van der Waals surface area contributed by atoms with Crippen molar-refractivity contribution in [3.8, 4) is 66.8 Å². The van der Waals surface area contributed by atoms with Crippen molar-refractivity contribution in [2.45, 2.75) is 0 Å². The van der Waals surface area contributed by atoms with Crippen molar-refractivity contribution in [1.82, 2.24) is 0 Å². The molecule has 15 aromatic carbocycles. The second-order valence-electron chi connectivity index (χ2n) is 23.0. The lowest BCUT2D eigenvalue weighted by Gasteiger charge is -2.38. The maximum absolute atomic E-state index is 3.68. The van der Waals surface area contributed by atoms with Crippen LogP contribution in [0, 0.1) is 0 Å². The van der Waals surface area contributed by atoms with Crippen molar-refractivity contribution >= 4 is 84.5 Å². The minimum Gasteiger partial charge on any atom is -0.310 e. The van der Waals surface area contributed by atoms with Gasteiger partial charge in [0.15, 0.2) is 8.07 Å². The minimum atomic E-state index is -3.68.